The number of ether oxygens (including phenoxy) is 1. The maximum Gasteiger partial charge on any atom is 0.310 e. The molecular weight excluding hydrogens is 194 g/mol. The molecule has 4 nitrogen and oxygen atoms in total. The van der Waals surface area contributed by atoms with Crippen LogP contribution in [0.1, 0.15) is 27.2 Å². The molecule has 2 unspecified atom stereocenters. The molecule has 0 saturated carbocycles. The molecule has 1 aliphatic heterocycles. The van der Waals surface area contributed by atoms with E-state index >= 15 is 0 Å². The highest BCUT2D eigenvalue weighted by Gasteiger charge is 2.28. The average Bonchev–Trinajstić information content (AvgIpc) is 2.51. The van der Waals surface area contributed by atoms with Gasteiger partial charge in [-0.15, -0.1) is 0 Å². The summed E-state index contributed by atoms with van der Waals surface area (Å²) in [5.74, 6) is -0.236. The molecule has 0 amide bonds. The van der Waals surface area contributed by atoms with E-state index in [1.165, 1.54) is 0 Å². The van der Waals surface area contributed by atoms with Crippen LogP contribution in [0.25, 0.3) is 0 Å². The van der Waals surface area contributed by atoms with Gasteiger partial charge in [0.05, 0.1) is 11.5 Å². The fourth-order valence-electron chi connectivity index (χ4n) is 1.69. The quantitative estimate of drug-likeness (QED) is 0.721. The maximum absolute atomic E-state index is 10.8. The summed E-state index contributed by atoms with van der Waals surface area (Å²) in [6, 6.07) is 0. The van der Waals surface area contributed by atoms with Gasteiger partial charge in [0.2, 0.25) is 0 Å². The minimum absolute atomic E-state index is 0.297. The van der Waals surface area contributed by atoms with Crippen molar-refractivity contribution >= 4 is 5.97 Å². The first kappa shape index (κ1) is 12.5. The zero-order chi connectivity index (χ0) is 11.5. The van der Waals surface area contributed by atoms with E-state index in [1.807, 2.05) is 0 Å². The van der Waals surface area contributed by atoms with Crippen molar-refractivity contribution in [2.24, 2.45) is 11.3 Å². The van der Waals surface area contributed by atoms with Crippen molar-refractivity contribution in [2.75, 3.05) is 19.7 Å². The van der Waals surface area contributed by atoms with Crippen LogP contribution in [0.15, 0.2) is 0 Å². The number of rotatable bonds is 5. The van der Waals surface area contributed by atoms with Gasteiger partial charge in [-0.05, 0) is 33.1 Å². The van der Waals surface area contributed by atoms with Crippen molar-refractivity contribution in [3.8, 4) is 0 Å². The van der Waals surface area contributed by atoms with E-state index in [-0.39, 0.29) is 0 Å². The standard InChI is InChI=1S/C11H21NO3/c1-8-9(4-5-15-8)6-12-7-11(2,3)10(13)14/h8-9,12H,4-7H2,1-3H3,(H,13,14). The van der Waals surface area contributed by atoms with Gasteiger partial charge in [0.1, 0.15) is 0 Å². The van der Waals surface area contributed by atoms with E-state index in [0.717, 1.165) is 19.6 Å². The summed E-state index contributed by atoms with van der Waals surface area (Å²) >= 11 is 0. The predicted molar refractivity (Wildman–Crippen MR) is 57.8 cm³/mol. The Morgan fingerprint density at radius 2 is 2.27 bits per heavy atom. The Kier molecular flexibility index (Phi) is 4.11. The molecular formula is C11H21NO3. The maximum atomic E-state index is 10.8. The molecule has 0 bridgehead atoms. The minimum Gasteiger partial charge on any atom is -0.481 e. The molecule has 0 spiro atoms. The normalized spacial score (nSPS) is 26.9. The SMILES string of the molecule is CC1OCCC1CNCC(C)(C)C(=O)O. The zero-order valence-corrected chi connectivity index (χ0v) is 9.75. The van der Waals surface area contributed by atoms with Gasteiger partial charge in [-0.25, -0.2) is 0 Å². The highest BCUT2D eigenvalue weighted by Crippen LogP contribution is 2.20. The summed E-state index contributed by atoms with van der Waals surface area (Å²) in [6.07, 6.45) is 1.37. The molecule has 0 aromatic heterocycles. The Hall–Kier alpha value is -0.610. The summed E-state index contributed by atoms with van der Waals surface area (Å²) in [6.45, 7) is 7.72. The Balaban J connectivity index is 2.24. The third-order valence-corrected chi connectivity index (χ3v) is 3.09. The highest BCUT2D eigenvalue weighted by molar-refractivity contribution is 5.73. The topological polar surface area (TPSA) is 58.6 Å². The number of carboxylic acids is 1. The molecule has 88 valence electrons. The first-order valence-electron chi connectivity index (χ1n) is 5.49. The number of carbonyl (C=O) groups is 1. The third kappa shape index (κ3) is 3.47. The second kappa shape index (κ2) is 4.94. The van der Waals surface area contributed by atoms with Crippen LogP contribution in [0.3, 0.4) is 0 Å². The summed E-state index contributed by atoms with van der Waals surface area (Å²) in [4.78, 5) is 10.8. The summed E-state index contributed by atoms with van der Waals surface area (Å²) in [7, 11) is 0. The van der Waals surface area contributed by atoms with Crippen LogP contribution in [0.5, 0.6) is 0 Å². The molecule has 1 fully saturated rings. The largest absolute Gasteiger partial charge is 0.481 e. The molecule has 0 aromatic carbocycles. The second-order valence-corrected chi connectivity index (χ2v) is 4.94. The predicted octanol–water partition coefficient (Wildman–Crippen LogP) is 1.11. The molecule has 0 aromatic rings. The lowest BCUT2D eigenvalue weighted by Crippen LogP contribution is -2.38. The monoisotopic (exact) mass is 215 g/mol. The van der Waals surface area contributed by atoms with Crippen LogP contribution in [-0.4, -0.2) is 36.9 Å². The van der Waals surface area contributed by atoms with Gasteiger partial charge >= 0.3 is 5.97 Å². The van der Waals surface area contributed by atoms with Gasteiger partial charge in [-0.2, -0.15) is 0 Å². The lowest BCUT2D eigenvalue weighted by atomic mass is 9.93. The van der Waals surface area contributed by atoms with Crippen molar-refractivity contribution in [3.63, 3.8) is 0 Å². The Morgan fingerprint density at radius 3 is 2.73 bits per heavy atom. The van der Waals surface area contributed by atoms with Gasteiger partial charge in [0.25, 0.3) is 0 Å². The zero-order valence-electron chi connectivity index (χ0n) is 9.75. The number of carboxylic acid groups (broad SMARTS) is 1. The van der Waals surface area contributed by atoms with Crippen LogP contribution < -0.4 is 5.32 Å². The van der Waals surface area contributed by atoms with Crippen molar-refractivity contribution in [1.29, 1.82) is 0 Å². The van der Waals surface area contributed by atoms with Crippen LogP contribution in [0.2, 0.25) is 0 Å². The van der Waals surface area contributed by atoms with Crippen molar-refractivity contribution in [2.45, 2.75) is 33.3 Å². The van der Waals surface area contributed by atoms with Crippen molar-refractivity contribution in [3.05, 3.63) is 0 Å². The molecule has 0 aliphatic carbocycles. The van der Waals surface area contributed by atoms with E-state index in [0.29, 0.717) is 18.6 Å². The lowest BCUT2D eigenvalue weighted by Gasteiger charge is -2.22. The van der Waals surface area contributed by atoms with Gasteiger partial charge in [0, 0.05) is 19.7 Å². The van der Waals surface area contributed by atoms with Crippen LogP contribution >= 0.6 is 0 Å². The fourth-order valence-corrected chi connectivity index (χ4v) is 1.69. The molecule has 1 saturated heterocycles. The van der Waals surface area contributed by atoms with Crippen molar-refractivity contribution in [1.82, 2.24) is 5.32 Å². The molecule has 1 heterocycles. The van der Waals surface area contributed by atoms with Gasteiger partial charge in [-0.1, -0.05) is 0 Å². The minimum atomic E-state index is -0.759. The number of aliphatic carboxylic acids is 1. The number of nitrogens with one attached hydrogen (secondary N) is 1. The number of hydrogen-bond donors (Lipinski definition) is 2. The first-order chi connectivity index (χ1) is 6.93. The smallest absolute Gasteiger partial charge is 0.310 e. The van der Waals surface area contributed by atoms with Crippen molar-refractivity contribution < 1.29 is 14.6 Å². The second-order valence-electron chi connectivity index (χ2n) is 4.94. The van der Waals surface area contributed by atoms with E-state index < -0.39 is 11.4 Å². The Bertz CT molecular complexity index is 228. The van der Waals surface area contributed by atoms with Crippen LogP contribution in [0.4, 0.5) is 0 Å². The molecule has 2 atom stereocenters. The molecule has 0 radical (unpaired) electrons. The first-order valence-corrected chi connectivity index (χ1v) is 5.49. The summed E-state index contributed by atoms with van der Waals surface area (Å²) in [5.41, 5.74) is -0.692. The molecule has 15 heavy (non-hydrogen) atoms. The van der Waals surface area contributed by atoms with Crippen LogP contribution in [-0.2, 0) is 9.53 Å². The summed E-state index contributed by atoms with van der Waals surface area (Å²) < 4.78 is 5.44. The molecule has 1 aliphatic rings. The van der Waals surface area contributed by atoms with E-state index in [1.54, 1.807) is 13.8 Å². The highest BCUT2D eigenvalue weighted by atomic mass is 16.5. The van der Waals surface area contributed by atoms with E-state index in [2.05, 4.69) is 12.2 Å². The van der Waals surface area contributed by atoms with E-state index in [4.69, 9.17) is 9.84 Å². The van der Waals surface area contributed by atoms with E-state index in [9.17, 15) is 4.79 Å². The van der Waals surface area contributed by atoms with Gasteiger partial charge in [0.15, 0.2) is 0 Å². The third-order valence-electron chi connectivity index (χ3n) is 3.09. The molecule has 2 N–H and O–H groups in total. The molecule has 1 rings (SSSR count). The van der Waals surface area contributed by atoms with Crippen LogP contribution in [0, 0.1) is 11.3 Å². The Morgan fingerprint density at radius 1 is 1.60 bits per heavy atom. The summed E-state index contributed by atoms with van der Waals surface area (Å²) in [5, 5.41) is 12.1. The average molecular weight is 215 g/mol. The lowest BCUT2D eigenvalue weighted by molar-refractivity contribution is -0.146. The fraction of sp³-hybridized carbons (Fsp3) is 0.909. The van der Waals surface area contributed by atoms with Gasteiger partial charge < -0.3 is 15.2 Å². The Labute approximate surface area is 91.0 Å². The van der Waals surface area contributed by atoms with Gasteiger partial charge in [-0.3, -0.25) is 4.79 Å². The number of hydrogen-bond acceptors (Lipinski definition) is 3. The molecule has 4 heteroatoms.